The molecule has 0 atom stereocenters. The third-order valence-corrected chi connectivity index (χ3v) is 3.72. The van der Waals surface area contributed by atoms with Crippen molar-refractivity contribution in [1.29, 1.82) is 0 Å². The van der Waals surface area contributed by atoms with E-state index in [9.17, 15) is 4.79 Å². The van der Waals surface area contributed by atoms with E-state index in [0.717, 1.165) is 29.3 Å². The molecule has 0 amide bonds. The van der Waals surface area contributed by atoms with Crippen molar-refractivity contribution in [2.24, 2.45) is 0 Å². The van der Waals surface area contributed by atoms with Crippen LogP contribution in [0.3, 0.4) is 0 Å². The fourth-order valence-electron chi connectivity index (χ4n) is 2.78. The lowest BCUT2D eigenvalue weighted by atomic mass is 9.94. The molecule has 0 radical (unpaired) electrons. The summed E-state index contributed by atoms with van der Waals surface area (Å²) < 4.78 is 0. The van der Waals surface area contributed by atoms with Gasteiger partial charge in [-0.1, -0.05) is 49.7 Å². The highest BCUT2D eigenvalue weighted by atomic mass is 16.4. The number of carboxylic acid groups (broad SMARTS) is 1. The van der Waals surface area contributed by atoms with Crippen LogP contribution in [0.5, 0.6) is 0 Å². The lowest BCUT2D eigenvalue weighted by molar-refractivity contribution is 0.0691. The van der Waals surface area contributed by atoms with E-state index in [1.54, 1.807) is 6.07 Å². The molecular weight excluding hydrogens is 262 g/mol. The summed E-state index contributed by atoms with van der Waals surface area (Å²) in [5, 5.41) is 10.1. The van der Waals surface area contributed by atoms with Gasteiger partial charge in [0.15, 0.2) is 0 Å². The Labute approximate surface area is 123 Å². The van der Waals surface area contributed by atoms with Gasteiger partial charge in [-0.2, -0.15) is 0 Å². The maximum absolute atomic E-state index is 11.2. The highest BCUT2D eigenvalue weighted by molar-refractivity contribution is 6.01. The van der Waals surface area contributed by atoms with E-state index in [2.05, 4.69) is 36.2 Å². The minimum atomic E-state index is -0.931. The van der Waals surface area contributed by atoms with E-state index in [0.29, 0.717) is 0 Å². The Morgan fingerprint density at radius 3 is 2.62 bits per heavy atom. The minimum Gasteiger partial charge on any atom is -0.477 e. The Kier molecular flexibility index (Phi) is 3.48. The maximum atomic E-state index is 11.2. The molecule has 3 rings (SSSR count). The van der Waals surface area contributed by atoms with Gasteiger partial charge in [0.1, 0.15) is 5.69 Å². The second-order valence-corrected chi connectivity index (χ2v) is 5.16. The lowest BCUT2D eigenvalue weighted by Crippen LogP contribution is -1.94. The Balaban J connectivity index is 2.23. The largest absolute Gasteiger partial charge is 0.477 e. The molecule has 0 fully saturated rings. The number of carboxylic acids is 1. The molecule has 3 aromatic rings. The number of H-pyrrole nitrogens is 1. The second kappa shape index (κ2) is 5.44. The molecule has 3 heteroatoms. The summed E-state index contributed by atoms with van der Waals surface area (Å²) >= 11 is 0. The van der Waals surface area contributed by atoms with Gasteiger partial charge in [0.2, 0.25) is 0 Å². The fourth-order valence-corrected chi connectivity index (χ4v) is 2.78. The van der Waals surface area contributed by atoms with Crippen LogP contribution in [0.1, 0.15) is 29.4 Å². The van der Waals surface area contributed by atoms with Crippen molar-refractivity contribution in [2.75, 3.05) is 0 Å². The zero-order chi connectivity index (χ0) is 14.8. The number of carbonyl (C=O) groups is 1. The zero-order valence-corrected chi connectivity index (χ0v) is 11.9. The minimum absolute atomic E-state index is 0.227. The first-order valence-corrected chi connectivity index (χ1v) is 7.14. The van der Waals surface area contributed by atoms with Gasteiger partial charge in [-0.15, -0.1) is 0 Å². The van der Waals surface area contributed by atoms with Crippen LogP contribution in [-0.2, 0) is 6.42 Å². The zero-order valence-electron chi connectivity index (χ0n) is 11.9. The first-order chi connectivity index (χ1) is 10.2. The van der Waals surface area contributed by atoms with Crippen LogP contribution >= 0.6 is 0 Å². The third kappa shape index (κ3) is 2.42. The predicted octanol–water partition coefficient (Wildman–Crippen LogP) is 4.49. The number of rotatable bonds is 4. The monoisotopic (exact) mass is 279 g/mol. The van der Waals surface area contributed by atoms with Crippen molar-refractivity contribution in [3.63, 3.8) is 0 Å². The lowest BCUT2D eigenvalue weighted by Gasteiger charge is -2.10. The van der Waals surface area contributed by atoms with Crippen LogP contribution in [0.4, 0.5) is 0 Å². The van der Waals surface area contributed by atoms with Crippen molar-refractivity contribution in [3.8, 4) is 11.1 Å². The molecule has 1 heterocycles. The number of fused-ring (bicyclic) bond motifs is 1. The average molecular weight is 279 g/mol. The number of aromatic amines is 1. The number of aryl methyl sites for hydroxylation is 1. The van der Waals surface area contributed by atoms with Crippen LogP contribution in [-0.4, -0.2) is 16.1 Å². The topological polar surface area (TPSA) is 53.1 Å². The van der Waals surface area contributed by atoms with Crippen molar-refractivity contribution >= 4 is 16.9 Å². The molecule has 0 bridgehead atoms. The van der Waals surface area contributed by atoms with Crippen LogP contribution < -0.4 is 0 Å². The number of aromatic nitrogens is 1. The van der Waals surface area contributed by atoms with E-state index >= 15 is 0 Å². The number of benzene rings is 2. The molecular formula is C18H17NO2. The summed E-state index contributed by atoms with van der Waals surface area (Å²) in [6.45, 7) is 2.16. The first-order valence-electron chi connectivity index (χ1n) is 7.14. The normalized spacial score (nSPS) is 10.9. The summed E-state index contributed by atoms with van der Waals surface area (Å²) in [6, 6.07) is 16.0. The van der Waals surface area contributed by atoms with E-state index in [1.165, 1.54) is 11.1 Å². The summed E-state index contributed by atoms with van der Waals surface area (Å²) in [7, 11) is 0. The third-order valence-electron chi connectivity index (χ3n) is 3.72. The van der Waals surface area contributed by atoms with E-state index < -0.39 is 5.97 Å². The highest BCUT2D eigenvalue weighted by Gasteiger charge is 2.12. The van der Waals surface area contributed by atoms with Gasteiger partial charge in [-0.3, -0.25) is 0 Å². The SMILES string of the molecule is CCCc1ccccc1-c1cccc2[nH]c(C(=O)O)cc12. The van der Waals surface area contributed by atoms with Crippen LogP contribution in [0.25, 0.3) is 22.0 Å². The molecule has 0 aliphatic carbocycles. The molecule has 2 aromatic carbocycles. The maximum Gasteiger partial charge on any atom is 0.352 e. The molecule has 0 aliphatic heterocycles. The molecule has 0 aliphatic rings. The summed E-state index contributed by atoms with van der Waals surface area (Å²) in [5.41, 5.74) is 4.65. The number of aromatic carboxylic acids is 1. The summed E-state index contributed by atoms with van der Waals surface area (Å²) in [4.78, 5) is 14.1. The van der Waals surface area contributed by atoms with E-state index in [-0.39, 0.29) is 5.69 Å². The van der Waals surface area contributed by atoms with Gasteiger partial charge in [0.25, 0.3) is 0 Å². The van der Waals surface area contributed by atoms with Gasteiger partial charge in [0.05, 0.1) is 0 Å². The molecule has 3 nitrogen and oxygen atoms in total. The smallest absolute Gasteiger partial charge is 0.352 e. The van der Waals surface area contributed by atoms with E-state index in [1.807, 2.05) is 18.2 Å². The molecule has 21 heavy (non-hydrogen) atoms. The van der Waals surface area contributed by atoms with Crippen LogP contribution in [0.15, 0.2) is 48.5 Å². The highest BCUT2D eigenvalue weighted by Crippen LogP contribution is 2.32. The summed E-state index contributed by atoms with van der Waals surface area (Å²) in [6.07, 6.45) is 2.10. The van der Waals surface area contributed by atoms with Crippen molar-refractivity contribution in [3.05, 3.63) is 59.8 Å². The first kappa shape index (κ1) is 13.4. The number of nitrogens with one attached hydrogen (secondary N) is 1. The molecule has 106 valence electrons. The quantitative estimate of drug-likeness (QED) is 0.739. The van der Waals surface area contributed by atoms with Crippen molar-refractivity contribution in [1.82, 2.24) is 4.98 Å². The Morgan fingerprint density at radius 2 is 1.86 bits per heavy atom. The van der Waals surface area contributed by atoms with Gasteiger partial charge < -0.3 is 10.1 Å². The molecule has 1 aromatic heterocycles. The van der Waals surface area contributed by atoms with Crippen molar-refractivity contribution in [2.45, 2.75) is 19.8 Å². The molecule has 0 saturated carbocycles. The van der Waals surface area contributed by atoms with Gasteiger partial charge in [-0.25, -0.2) is 4.79 Å². The van der Waals surface area contributed by atoms with Crippen molar-refractivity contribution < 1.29 is 9.90 Å². The Hall–Kier alpha value is -2.55. The summed E-state index contributed by atoms with van der Waals surface area (Å²) in [5.74, 6) is -0.931. The van der Waals surface area contributed by atoms with Gasteiger partial charge >= 0.3 is 5.97 Å². The van der Waals surface area contributed by atoms with Gasteiger partial charge in [-0.05, 0) is 35.2 Å². The second-order valence-electron chi connectivity index (χ2n) is 5.16. The molecule has 2 N–H and O–H groups in total. The molecule has 0 saturated heterocycles. The molecule has 0 spiro atoms. The Morgan fingerprint density at radius 1 is 1.10 bits per heavy atom. The van der Waals surface area contributed by atoms with Crippen LogP contribution in [0, 0.1) is 0 Å². The van der Waals surface area contributed by atoms with Gasteiger partial charge in [0, 0.05) is 10.9 Å². The fraction of sp³-hybridized carbons (Fsp3) is 0.167. The Bertz CT molecular complexity index is 802. The van der Waals surface area contributed by atoms with E-state index in [4.69, 9.17) is 5.11 Å². The number of hydrogen-bond donors (Lipinski definition) is 2. The average Bonchev–Trinajstić information content (AvgIpc) is 2.92. The van der Waals surface area contributed by atoms with Crippen LogP contribution in [0.2, 0.25) is 0 Å². The predicted molar refractivity (Wildman–Crippen MR) is 84.7 cm³/mol. The standard InChI is InChI=1S/C18H17NO2/c1-2-6-12-7-3-4-8-13(12)14-9-5-10-16-15(14)11-17(19-16)18(20)21/h3-5,7-11,19H,2,6H2,1H3,(H,20,21). The number of hydrogen-bond acceptors (Lipinski definition) is 1. The molecule has 0 unspecified atom stereocenters.